The van der Waals surface area contributed by atoms with Crippen LogP contribution in [0.25, 0.3) is 48.0 Å². The predicted octanol–water partition coefficient (Wildman–Crippen LogP) is 14.7. The molecule has 0 atom stereocenters. The van der Waals surface area contributed by atoms with E-state index in [4.69, 9.17) is 0 Å². The van der Waals surface area contributed by atoms with Gasteiger partial charge >= 0.3 is 0 Å². The average molecular weight is 714 g/mol. The van der Waals surface area contributed by atoms with E-state index in [0.29, 0.717) is 0 Å². The van der Waals surface area contributed by atoms with Crippen molar-refractivity contribution < 1.29 is 0 Å². The van der Waals surface area contributed by atoms with Crippen molar-refractivity contribution in [3.05, 3.63) is 168 Å². The van der Waals surface area contributed by atoms with E-state index in [1.54, 1.807) is 22.3 Å². The van der Waals surface area contributed by atoms with Gasteiger partial charge in [0.25, 0.3) is 0 Å². The molecule has 0 unspecified atom stereocenters. The van der Waals surface area contributed by atoms with Gasteiger partial charge in [0, 0.05) is 42.5 Å². The quantitative estimate of drug-likeness (QED) is 0.172. The second-order valence-electron chi connectivity index (χ2n) is 16.8. The molecule has 262 valence electrons. The fourth-order valence-electron chi connectivity index (χ4n) is 12.2. The monoisotopic (exact) mass is 713 g/mol. The highest BCUT2D eigenvalue weighted by Gasteiger charge is 2.62. The number of benzene rings is 6. The topological polar surface area (TPSA) is 3.24 Å². The Hall–Kier alpha value is -5.18. The molecule has 54 heavy (non-hydrogen) atoms. The summed E-state index contributed by atoms with van der Waals surface area (Å²) in [4.78, 5) is 2.55. The molecule has 13 rings (SSSR count). The molecule has 7 aromatic rings. The summed E-state index contributed by atoms with van der Waals surface area (Å²) in [6, 6.07) is 52.7. The number of nitrogens with zero attached hydrogens (tertiary/aromatic N) is 1. The van der Waals surface area contributed by atoms with Crippen molar-refractivity contribution in [1.82, 2.24) is 0 Å². The average Bonchev–Trinajstić information content (AvgIpc) is 3.74. The number of anilines is 3. The molecule has 2 heteroatoms. The summed E-state index contributed by atoms with van der Waals surface area (Å²) in [5.74, 6) is 3.41. The van der Waals surface area contributed by atoms with Crippen LogP contribution in [0.2, 0.25) is 0 Å². The highest BCUT2D eigenvalue weighted by Crippen LogP contribution is 2.70. The Morgan fingerprint density at radius 2 is 1.24 bits per heavy atom. The molecule has 1 spiro atoms. The van der Waals surface area contributed by atoms with Crippen LogP contribution in [0.4, 0.5) is 17.1 Å². The van der Waals surface area contributed by atoms with Crippen molar-refractivity contribution in [3.63, 3.8) is 0 Å². The normalized spacial score (nSPS) is 24.8. The fourth-order valence-corrected chi connectivity index (χ4v) is 13.3. The Bertz CT molecular complexity index is 2650. The van der Waals surface area contributed by atoms with Crippen LogP contribution in [0.5, 0.6) is 0 Å². The molecule has 1 aromatic heterocycles. The third-order valence-electron chi connectivity index (χ3n) is 14.1. The van der Waals surface area contributed by atoms with Crippen molar-refractivity contribution >= 4 is 54.1 Å². The molecule has 1 heterocycles. The first-order chi connectivity index (χ1) is 26.7. The number of allylic oxidation sites excluding steroid dienone is 4. The molecule has 0 aliphatic heterocycles. The van der Waals surface area contributed by atoms with Crippen LogP contribution in [-0.2, 0) is 5.41 Å². The van der Waals surface area contributed by atoms with Crippen molar-refractivity contribution in [2.24, 2.45) is 23.7 Å². The van der Waals surface area contributed by atoms with Crippen LogP contribution in [0.3, 0.4) is 0 Å². The van der Waals surface area contributed by atoms with Crippen LogP contribution in [0.15, 0.2) is 157 Å². The molecule has 6 aliphatic carbocycles. The standard InChI is InChI=1S/C52H43NS/c1-2-10-36(11-3-1)42-12-5-8-16-49(42)53(40-21-18-35(19-22-40)37-20-25-51-46(31-37)45-14-6-9-17-50(45)54-51)41-23-24-44-43-13-4-7-15-47(43)52(48(44)32-41)38-27-33-26-34(29-38)30-39(52)28-33/h1-3,5-12,14-25,31-34,38-39H,4,13,26-30H2. The summed E-state index contributed by atoms with van der Waals surface area (Å²) in [5.41, 5.74) is 15.4. The Morgan fingerprint density at radius 3 is 2.07 bits per heavy atom. The molecule has 6 aliphatic rings. The smallest absolute Gasteiger partial charge is 0.0540 e. The van der Waals surface area contributed by atoms with Gasteiger partial charge in [-0.2, -0.15) is 0 Å². The van der Waals surface area contributed by atoms with E-state index in [1.807, 2.05) is 11.3 Å². The van der Waals surface area contributed by atoms with Crippen molar-refractivity contribution in [2.75, 3.05) is 4.90 Å². The fraction of sp³-hybridized carbons (Fsp3) is 0.231. The molecule has 0 radical (unpaired) electrons. The number of hydrogen-bond acceptors (Lipinski definition) is 2. The minimum atomic E-state index is 0.171. The SMILES string of the molecule is C1=CC2=C(CC1)c1ccc(N(c3ccc(-c4ccc5sc6ccccc6c5c4)cc3)c3ccccc3-c3ccccc3)cc1C21C2CC3CC(C2)CC1C3. The Balaban J connectivity index is 1.02. The summed E-state index contributed by atoms with van der Waals surface area (Å²) < 4.78 is 2.70. The van der Waals surface area contributed by atoms with Crippen LogP contribution < -0.4 is 4.90 Å². The second kappa shape index (κ2) is 11.9. The molecule has 4 bridgehead atoms. The van der Waals surface area contributed by atoms with Gasteiger partial charge in [-0.1, -0.05) is 103 Å². The highest BCUT2D eigenvalue weighted by molar-refractivity contribution is 7.25. The van der Waals surface area contributed by atoms with Crippen LogP contribution in [-0.4, -0.2) is 0 Å². The van der Waals surface area contributed by atoms with E-state index < -0.39 is 0 Å². The third kappa shape index (κ3) is 4.50. The molecule has 0 saturated heterocycles. The number of hydrogen-bond donors (Lipinski definition) is 0. The Morgan fingerprint density at radius 1 is 0.537 bits per heavy atom. The predicted molar refractivity (Wildman–Crippen MR) is 229 cm³/mol. The summed E-state index contributed by atoms with van der Waals surface area (Å²) in [5, 5.41) is 2.69. The molecule has 0 amide bonds. The van der Waals surface area contributed by atoms with Gasteiger partial charge in [0.2, 0.25) is 0 Å². The summed E-state index contributed by atoms with van der Waals surface area (Å²) in [7, 11) is 0. The largest absolute Gasteiger partial charge is 0.310 e. The van der Waals surface area contributed by atoms with Gasteiger partial charge in [-0.25, -0.2) is 0 Å². The van der Waals surface area contributed by atoms with E-state index in [9.17, 15) is 0 Å². The summed E-state index contributed by atoms with van der Waals surface area (Å²) >= 11 is 1.88. The summed E-state index contributed by atoms with van der Waals surface area (Å²) in [6.07, 6.45) is 14.5. The lowest BCUT2D eigenvalue weighted by Gasteiger charge is -2.61. The number of fused-ring (bicyclic) bond motifs is 5. The van der Waals surface area contributed by atoms with Crippen molar-refractivity contribution in [2.45, 2.75) is 50.4 Å². The first kappa shape index (κ1) is 31.2. The van der Waals surface area contributed by atoms with Crippen LogP contribution >= 0.6 is 11.3 Å². The van der Waals surface area contributed by atoms with Gasteiger partial charge in [0.05, 0.1) is 5.69 Å². The Labute approximate surface area is 322 Å². The van der Waals surface area contributed by atoms with Crippen molar-refractivity contribution in [3.8, 4) is 22.3 Å². The Kier molecular flexibility index (Phi) is 6.88. The van der Waals surface area contributed by atoms with E-state index in [-0.39, 0.29) is 5.41 Å². The molecule has 0 N–H and O–H groups in total. The minimum absolute atomic E-state index is 0.171. The maximum Gasteiger partial charge on any atom is 0.0540 e. The zero-order valence-corrected chi connectivity index (χ0v) is 31.4. The minimum Gasteiger partial charge on any atom is -0.310 e. The first-order valence-corrected chi connectivity index (χ1v) is 21.1. The van der Waals surface area contributed by atoms with Gasteiger partial charge in [-0.05, 0) is 156 Å². The zero-order valence-electron chi connectivity index (χ0n) is 30.5. The lowest BCUT2D eigenvalue weighted by Crippen LogP contribution is -2.55. The lowest BCUT2D eigenvalue weighted by molar-refractivity contribution is -0.0407. The maximum absolute atomic E-state index is 2.66. The number of rotatable bonds is 5. The van der Waals surface area contributed by atoms with E-state index in [2.05, 4.69) is 157 Å². The van der Waals surface area contributed by atoms with E-state index in [0.717, 1.165) is 30.1 Å². The van der Waals surface area contributed by atoms with Gasteiger partial charge in [0.15, 0.2) is 0 Å². The molecule has 6 aromatic carbocycles. The van der Waals surface area contributed by atoms with E-state index in [1.165, 1.54) is 98.0 Å². The van der Waals surface area contributed by atoms with E-state index >= 15 is 0 Å². The maximum atomic E-state index is 2.66. The first-order valence-electron chi connectivity index (χ1n) is 20.2. The zero-order chi connectivity index (χ0) is 35.4. The van der Waals surface area contributed by atoms with Crippen molar-refractivity contribution in [1.29, 1.82) is 0 Å². The highest BCUT2D eigenvalue weighted by atomic mass is 32.1. The van der Waals surface area contributed by atoms with Crippen LogP contribution in [0, 0.1) is 23.7 Å². The van der Waals surface area contributed by atoms with Gasteiger partial charge in [-0.15, -0.1) is 11.3 Å². The third-order valence-corrected chi connectivity index (χ3v) is 15.3. The molecule has 4 saturated carbocycles. The number of thiophene rings is 1. The van der Waals surface area contributed by atoms with Gasteiger partial charge in [0.1, 0.15) is 0 Å². The van der Waals surface area contributed by atoms with Gasteiger partial charge in [-0.3, -0.25) is 0 Å². The molecular weight excluding hydrogens is 671 g/mol. The molecule has 4 fully saturated rings. The number of para-hydroxylation sites is 1. The summed E-state index contributed by atoms with van der Waals surface area (Å²) in [6.45, 7) is 0. The lowest BCUT2D eigenvalue weighted by atomic mass is 9.42. The molecule has 1 nitrogen and oxygen atoms in total. The van der Waals surface area contributed by atoms with Crippen LogP contribution in [0.1, 0.15) is 56.1 Å². The molecular formula is C52H43NS. The second-order valence-corrected chi connectivity index (χ2v) is 17.9. The van der Waals surface area contributed by atoms with Gasteiger partial charge < -0.3 is 4.90 Å².